The number of aromatic nitrogens is 1. The van der Waals surface area contributed by atoms with Crippen LogP contribution in [0.5, 0.6) is 0 Å². The van der Waals surface area contributed by atoms with E-state index in [1.165, 1.54) is 13.0 Å². The molecule has 1 aromatic heterocycles. The van der Waals surface area contributed by atoms with Crippen LogP contribution >= 0.6 is 0 Å². The molecule has 0 aliphatic rings. The van der Waals surface area contributed by atoms with Gasteiger partial charge in [0.05, 0.1) is 0 Å². The molecule has 2 aromatic rings. The molecule has 6 heteroatoms. The molecular weight excluding hydrogens is 282 g/mol. The molecule has 0 unspecified atom stereocenters. The van der Waals surface area contributed by atoms with Crippen LogP contribution in [-0.4, -0.2) is 22.6 Å². The summed E-state index contributed by atoms with van der Waals surface area (Å²) in [6.45, 7) is 4.92. The highest BCUT2D eigenvalue weighted by Crippen LogP contribution is 2.20. The number of aryl methyl sites for hydroxylation is 1. The predicted molar refractivity (Wildman–Crippen MR) is 83.2 cm³/mol. The van der Waals surface area contributed by atoms with Crippen molar-refractivity contribution in [2.75, 3.05) is 5.32 Å². The summed E-state index contributed by atoms with van der Waals surface area (Å²) in [6.07, 6.45) is 0. The van der Waals surface area contributed by atoms with E-state index in [1.54, 1.807) is 32.0 Å². The molecule has 22 heavy (non-hydrogen) atoms. The van der Waals surface area contributed by atoms with Crippen molar-refractivity contribution in [1.82, 2.24) is 4.98 Å². The third-order valence-electron chi connectivity index (χ3n) is 3.42. The number of amides is 2. The van der Waals surface area contributed by atoms with E-state index in [4.69, 9.17) is 5.73 Å². The topological polar surface area (TPSA) is 105 Å². The summed E-state index contributed by atoms with van der Waals surface area (Å²) in [5.41, 5.74) is 8.08. The molecule has 0 bridgehead atoms. The number of benzene rings is 1. The summed E-state index contributed by atoms with van der Waals surface area (Å²) in [7, 11) is 0. The highest BCUT2D eigenvalue weighted by Gasteiger charge is 2.19. The second-order valence-corrected chi connectivity index (χ2v) is 5.08. The Morgan fingerprint density at radius 3 is 2.41 bits per heavy atom. The lowest BCUT2D eigenvalue weighted by Crippen LogP contribution is -2.15. The Bertz CT molecular complexity index is 775. The van der Waals surface area contributed by atoms with Gasteiger partial charge in [0, 0.05) is 22.5 Å². The lowest BCUT2D eigenvalue weighted by atomic mass is 10.1. The number of nitrogens with two attached hydrogens (primary N) is 1. The maximum atomic E-state index is 12.3. The maximum absolute atomic E-state index is 12.3. The number of hydrogen-bond donors (Lipinski definition) is 3. The number of carbonyl (C=O) groups is 3. The van der Waals surface area contributed by atoms with Crippen LogP contribution in [0.25, 0.3) is 0 Å². The van der Waals surface area contributed by atoms with Gasteiger partial charge in [-0.1, -0.05) is 6.07 Å². The minimum atomic E-state index is -0.568. The van der Waals surface area contributed by atoms with Gasteiger partial charge in [-0.15, -0.1) is 0 Å². The maximum Gasteiger partial charge on any atom is 0.272 e. The molecule has 0 atom stereocenters. The molecule has 1 aromatic carbocycles. The second-order valence-electron chi connectivity index (χ2n) is 5.08. The van der Waals surface area contributed by atoms with Crippen molar-refractivity contribution in [3.8, 4) is 0 Å². The van der Waals surface area contributed by atoms with Crippen molar-refractivity contribution < 1.29 is 14.4 Å². The Kier molecular flexibility index (Phi) is 4.12. The van der Waals surface area contributed by atoms with Gasteiger partial charge in [0.15, 0.2) is 5.78 Å². The molecule has 0 spiro atoms. The van der Waals surface area contributed by atoms with Gasteiger partial charge in [0.2, 0.25) is 5.91 Å². The van der Waals surface area contributed by atoms with E-state index in [1.807, 2.05) is 0 Å². The third kappa shape index (κ3) is 2.90. The highest BCUT2D eigenvalue weighted by molar-refractivity contribution is 6.08. The molecule has 0 aliphatic heterocycles. The number of Topliss-reactive ketones (excluding diaryl/α,β-unsaturated/α-hetero) is 1. The minimum absolute atomic E-state index is 0.0963. The standard InChI is InChI=1S/C16H17N3O3/c1-8-13(10(3)20)9(2)18-14(8)16(22)19-12-6-4-5-11(7-12)15(17)21/h4-7,18H,1-3H3,(H2,17,21)(H,19,22). The number of primary amides is 1. The van der Waals surface area contributed by atoms with Crippen LogP contribution in [0.1, 0.15) is 49.4 Å². The molecule has 6 nitrogen and oxygen atoms in total. The molecule has 0 radical (unpaired) electrons. The Labute approximate surface area is 127 Å². The zero-order valence-electron chi connectivity index (χ0n) is 12.6. The van der Waals surface area contributed by atoms with E-state index in [0.29, 0.717) is 33.8 Å². The number of carbonyl (C=O) groups excluding carboxylic acids is 3. The Balaban J connectivity index is 2.30. The highest BCUT2D eigenvalue weighted by atomic mass is 16.2. The van der Waals surface area contributed by atoms with Crippen LogP contribution in [0.15, 0.2) is 24.3 Å². The van der Waals surface area contributed by atoms with Crippen LogP contribution in [0, 0.1) is 13.8 Å². The molecule has 4 N–H and O–H groups in total. The third-order valence-corrected chi connectivity index (χ3v) is 3.42. The zero-order chi connectivity index (χ0) is 16.4. The first-order chi connectivity index (χ1) is 10.3. The first kappa shape index (κ1) is 15.5. The molecular formula is C16H17N3O3. The van der Waals surface area contributed by atoms with Crippen LogP contribution in [-0.2, 0) is 0 Å². The van der Waals surface area contributed by atoms with E-state index in [0.717, 1.165) is 0 Å². The van der Waals surface area contributed by atoms with Crippen LogP contribution in [0.3, 0.4) is 0 Å². The number of anilines is 1. The molecule has 1 heterocycles. The Morgan fingerprint density at radius 2 is 1.86 bits per heavy atom. The van der Waals surface area contributed by atoms with Crippen LogP contribution in [0.4, 0.5) is 5.69 Å². The largest absolute Gasteiger partial charge is 0.366 e. The number of H-pyrrole nitrogens is 1. The molecule has 2 amide bonds. The van der Waals surface area contributed by atoms with Crippen molar-refractivity contribution in [2.45, 2.75) is 20.8 Å². The Morgan fingerprint density at radius 1 is 1.18 bits per heavy atom. The van der Waals surface area contributed by atoms with Gasteiger partial charge in [-0.3, -0.25) is 14.4 Å². The van der Waals surface area contributed by atoms with Crippen molar-refractivity contribution >= 4 is 23.3 Å². The predicted octanol–water partition coefficient (Wildman–Crippen LogP) is 2.19. The normalized spacial score (nSPS) is 10.3. The minimum Gasteiger partial charge on any atom is -0.366 e. The van der Waals surface area contributed by atoms with E-state index in [-0.39, 0.29) is 11.7 Å². The number of ketones is 1. The quantitative estimate of drug-likeness (QED) is 0.753. The lowest BCUT2D eigenvalue weighted by Gasteiger charge is -2.06. The monoisotopic (exact) mass is 299 g/mol. The van der Waals surface area contributed by atoms with Crippen molar-refractivity contribution in [2.24, 2.45) is 5.73 Å². The average molecular weight is 299 g/mol. The zero-order valence-corrected chi connectivity index (χ0v) is 12.6. The number of rotatable bonds is 4. The van der Waals surface area contributed by atoms with Gasteiger partial charge in [-0.2, -0.15) is 0 Å². The van der Waals surface area contributed by atoms with Gasteiger partial charge < -0.3 is 16.0 Å². The second kappa shape index (κ2) is 5.85. The molecule has 0 fully saturated rings. The van der Waals surface area contributed by atoms with Gasteiger partial charge >= 0.3 is 0 Å². The van der Waals surface area contributed by atoms with E-state index in [2.05, 4.69) is 10.3 Å². The smallest absolute Gasteiger partial charge is 0.272 e. The number of hydrogen-bond acceptors (Lipinski definition) is 3. The van der Waals surface area contributed by atoms with E-state index < -0.39 is 5.91 Å². The van der Waals surface area contributed by atoms with Crippen molar-refractivity contribution in [1.29, 1.82) is 0 Å². The van der Waals surface area contributed by atoms with Gasteiger partial charge in [0.25, 0.3) is 5.91 Å². The fourth-order valence-electron chi connectivity index (χ4n) is 2.45. The van der Waals surface area contributed by atoms with Gasteiger partial charge in [-0.25, -0.2) is 0 Å². The Hall–Kier alpha value is -2.89. The summed E-state index contributed by atoms with van der Waals surface area (Å²) >= 11 is 0. The van der Waals surface area contributed by atoms with E-state index in [9.17, 15) is 14.4 Å². The SMILES string of the molecule is CC(=O)c1c(C)[nH]c(C(=O)Nc2cccc(C(N)=O)c2)c1C. The van der Waals surface area contributed by atoms with Crippen LogP contribution in [0.2, 0.25) is 0 Å². The number of aromatic amines is 1. The first-order valence-electron chi connectivity index (χ1n) is 6.72. The summed E-state index contributed by atoms with van der Waals surface area (Å²) in [4.78, 5) is 38.0. The fraction of sp³-hybridized carbons (Fsp3) is 0.188. The molecule has 0 saturated heterocycles. The lowest BCUT2D eigenvalue weighted by molar-refractivity contribution is 0.0993. The van der Waals surface area contributed by atoms with Crippen molar-refractivity contribution in [3.63, 3.8) is 0 Å². The van der Waals surface area contributed by atoms with Gasteiger partial charge in [-0.05, 0) is 44.5 Å². The summed E-state index contributed by atoms with van der Waals surface area (Å²) in [6, 6.07) is 6.35. The van der Waals surface area contributed by atoms with E-state index >= 15 is 0 Å². The molecule has 114 valence electrons. The first-order valence-corrected chi connectivity index (χ1v) is 6.72. The summed E-state index contributed by atoms with van der Waals surface area (Å²) < 4.78 is 0. The summed E-state index contributed by atoms with van der Waals surface area (Å²) in [5.74, 6) is -1.04. The van der Waals surface area contributed by atoms with Gasteiger partial charge in [0.1, 0.15) is 5.69 Å². The average Bonchev–Trinajstić information content (AvgIpc) is 2.74. The van der Waals surface area contributed by atoms with Crippen molar-refractivity contribution in [3.05, 3.63) is 52.3 Å². The molecule has 0 saturated carbocycles. The fourth-order valence-corrected chi connectivity index (χ4v) is 2.45. The molecule has 0 aliphatic carbocycles. The summed E-state index contributed by atoms with van der Waals surface area (Å²) in [5, 5.41) is 2.68. The molecule has 2 rings (SSSR count). The van der Waals surface area contributed by atoms with Crippen LogP contribution < -0.4 is 11.1 Å². The number of nitrogens with one attached hydrogen (secondary N) is 2.